The van der Waals surface area contributed by atoms with Crippen molar-refractivity contribution < 1.29 is 9.53 Å². The van der Waals surface area contributed by atoms with Crippen LogP contribution < -0.4 is 15.4 Å². The molecular formula is C16H17N5O2S. The smallest absolute Gasteiger partial charge is 0.278 e. The van der Waals surface area contributed by atoms with Crippen LogP contribution in [0.4, 0.5) is 5.13 Å². The summed E-state index contributed by atoms with van der Waals surface area (Å²) in [6, 6.07) is 5.71. The van der Waals surface area contributed by atoms with Crippen molar-refractivity contribution in [2.75, 3.05) is 18.5 Å². The van der Waals surface area contributed by atoms with Crippen LogP contribution >= 0.6 is 11.3 Å². The molecule has 3 aromatic rings. The molecule has 24 heavy (non-hydrogen) atoms. The molecule has 0 aliphatic carbocycles. The van der Waals surface area contributed by atoms with E-state index in [1.54, 1.807) is 0 Å². The molecule has 0 bridgehead atoms. The lowest BCUT2D eigenvalue weighted by Gasteiger charge is -2.12. The van der Waals surface area contributed by atoms with E-state index in [0.717, 1.165) is 40.2 Å². The predicted octanol–water partition coefficient (Wildman–Crippen LogP) is 2.32. The number of hydrogen-bond acceptors (Lipinski definition) is 6. The van der Waals surface area contributed by atoms with Crippen LogP contribution in [0, 0.1) is 0 Å². The Morgan fingerprint density at radius 2 is 2.38 bits per heavy atom. The van der Waals surface area contributed by atoms with Gasteiger partial charge in [-0.3, -0.25) is 15.2 Å². The first-order chi connectivity index (χ1) is 11.7. The van der Waals surface area contributed by atoms with Gasteiger partial charge in [0.15, 0.2) is 10.8 Å². The second kappa shape index (κ2) is 6.21. The Balaban J connectivity index is 1.57. The number of carbonyl (C=O) groups excluding carboxylic acids is 1. The normalized spacial score (nSPS) is 13.7. The number of aromatic amines is 1. The largest absolute Gasteiger partial charge is 0.494 e. The minimum Gasteiger partial charge on any atom is -0.494 e. The van der Waals surface area contributed by atoms with E-state index in [1.165, 1.54) is 11.3 Å². The molecule has 0 fully saturated rings. The Hall–Kier alpha value is -2.45. The first-order valence-corrected chi connectivity index (χ1v) is 8.68. The molecule has 3 N–H and O–H groups in total. The van der Waals surface area contributed by atoms with Crippen LogP contribution in [0.3, 0.4) is 0 Å². The number of nitrogens with one attached hydrogen (secondary N) is 3. The van der Waals surface area contributed by atoms with E-state index in [4.69, 9.17) is 4.74 Å². The Morgan fingerprint density at radius 1 is 1.46 bits per heavy atom. The molecule has 7 nitrogen and oxygen atoms in total. The fourth-order valence-corrected chi connectivity index (χ4v) is 3.67. The Bertz CT molecular complexity index is 901. The Kier molecular flexibility index (Phi) is 3.91. The van der Waals surface area contributed by atoms with Crippen molar-refractivity contribution in [3.05, 3.63) is 35.2 Å². The van der Waals surface area contributed by atoms with Crippen LogP contribution in [0.15, 0.2) is 18.2 Å². The monoisotopic (exact) mass is 343 g/mol. The van der Waals surface area contributed by atoms with Gasteiger partial charge in [-0.15, -0.1) is 0 Å². The lowest BCUT2D eigenvalue weighted by Crippen LogP contribution is -2.25. The van der Waals surface area contributed by atoms with Gasteiger partial charge in [0.05, 0.1) is 16.8 Å². The average molecular weight is 343 g/mol. The number of benzene rings is 1. The van der Waals surface area contributed by atoms with Crippen molar-refractivity contribution in [2.45, 2.75) is 19.9 Å². The van der Waals surface area contributed by atoms with Gasteiger partial charge in [0.2, 0.25) is 0 Å². The third kappa shape index (κ3) is 2.74. The average Bonchev–Trinajstić information content (AvgIpc) is 3.18. The zero-order valence-corrected chi connectivity index (χ0v) is 14.0. The van der Waals surface area contributed by atoms with E-state index < -0.39 is 0 Å². The molecular weight excluding hydrogens is 326 g/mol. The maximum Gasteiger partial charge on any atom is 0.278 e. The van der Waals surface area contributed by atoms with Gasteiger partial charge >= 0.3 is 0 Å². The first kappa shape index (κ1) is 15.1. The Labute approximate surface area is 142 Å². The molecule has 1 aromatic carbocycles. The first-order valence-electron chi connectivity index (χ1n) is 7.86. The molecule has 2 aromatic heterocycles. The summed E-state index contributed by atoms with van der Waals surface area (Å²) in [4.78, 5) is 17.0. The van der Waals surface area contributed by atoms with Crippen LogP contribution in [-0.4, -0.2) is 34.2 Å². The molecule has 0 radical (unpaired) electrons. The van der Waals surface area contributed by atoms with E-state index in [0.29, 0.717) is 24.0 Å². The molecule has 8 heteroatoms. The number of fused-ring (bicyclic) bond motifs is 2. The molecule has 0 unspecified atom stereocenters. The molecule has 3 heterocycles. The third-order valence-electron chi connectivity index (χ3n) is 3.91. The minimum atomic E-state index is -0.236. The fraction of sp³-hybridized carbons (Fsp3) is 0.312. The number of H-pyrrole nitrogens is 1. The Morgan fingerprint density at radius 3 is 3.25 bits per heavy atom. The second-order valence-electron chi connectivity index (χ2n) is 5.49. The van der Waals surface area contributed by atoms with Crippen molar-refractivity contribution in [2.24, 2.45) is 0 Å². The molecule has 1 amide bonds. The third-order valence-corrected chi connectivity index (χ3v) is 4.85. The van der Waals surface area contributed by atoms with Crippen molar-refractivity contribution in [3.63, 3.8) is 0 Å². The van der Waals surface area contributed by atoms with Gasteiger partial charge in [0.25, 0.3) is 5.91 Å². The van der Waals surface area contributed by atoms with Crippen molar-refractivity contribution in [1.29, 1.82) is 0 Å². The van der Waals surface area contributed by atoms with Crippen LogP contribution in [0.1, 0.15) is 28.7 Å². The maximum atomic E-state index is 12.5. The summed E-state index contributed by atoms with van der Waals surface area (Å²) in [7, 11) is 0. The highest BCUT2D eigenvalue weighted by atomic mass is 32.1. The van der Waals surface area contributed by atoms with Crippen molar-refractivity contribution >= 4 is 32.6 Å². The highest BCUT2D eigenvalue weighted by Gasteiger charge is 2.22. The molecule has 0 saturated heterocycles. The van der Waals surface area contributed by atoms with Gasteiger partial charge in [-0.05, 0) is 25.1 Å². The van der Waals surface area contributed by atoms with Gasteiger partial charge < -0.3 is 10.1 Å². The quantitative estimate of drug-likeness (QED) is 0.676. The number of hydrogen-bond donors (Lipinski definition) is 3. The zero-order chi connectivity index (χ0) is 16.5. The highest BCUT2D eigenvalue weighted by Crippen LogP contribution is 2.29. The lowest BCUT2D eigenvalue weighted by molar-refractivity contribution is 0.102. The fourth-order valence-electron chi connectivity index (χ4n) is 2.78. The molecule has 0 saturated carbocycles. The summed E-state index contributed by atoms with van der Waals surface area (Å²) in [5, 5.41) is 13.8. The molecule has 0 atom stereocenters. The SMILES string of the molecule is CCOc1ccc2nc(NC(=O)c3n[nH]c4c3CNCC4)sc2c1. The number of anilines is 1. The lowest BCUT2D eigenvalue weighted by atomic mass is 10.1. The minimum absolute atomic E-state index is 0.236. The molecule has 124 valence electrons. The topological polar surface area (TPSA) is 91.9 Å². The van der Waals surface area contributed by atoms with Crippen LogP contribution in [0.5, 0.6) is 5.75 Å². The summed E-state index contributed by atoms with van der Waals surface area (Å²) in [5.74, 6) is 0.569. The van der Waals surface area contributed by atoms with Crippen molar-refractivity contribution in [1.82, 2.24) is 20.5 Å². The molecule has 4 rings (SSSR count). The number of rotatable bonds is 4. The van der Waals surface area contributed by atoms with Crippen LogP contribution in [0.2, 0.25) is 0 Å². The number of thiazole rings is 1. The standard InChI is InChI=1S/C16H17N5O2S/c1-2-23-9-3-4-12-13(7-9)24-16(18-12)19-15(22)14-10-8-17-6-5-11(10)20-21-14/h3-4,7,17H,2,5-6,8H2,1H3,(H,20,21)(H,18,19,22). The summed E-state index contributed by atoms with van der Waals surface area (Å²) in [5.41, 5.74) is 3.25. The van der Waals surface area contributed by atoms with Gasteiger partial charge in [0, 0.05) is 30.8 Å². The van der Waals surface area contributed by atoms with Gasteiger partial charge in [-0.1, -0.05) is 11.3 Å². The zero-order valence-electron chi connectivity index (χ0n) is 13.2. The molecule has 0 spiro atoms. The van der Waals surface area contributed by atoms with E-state index in [1.807, 2.05) is 25.1 Å². The number of amides is 1. The summed E-state index contributed by atoms with van der Waals surface area (Å²) < 4.78 is 6.47. The van der Waals surface area contributed by atoms with E-state index in [2.05, 4.69) is 25.8 Å². The van der Waals surface area contributed by atoms with Gasteiger partial charge in [0.1, 0.15) is 5.75 Å². The predicted molar refractivity (Wildman–Crippen MR) is 92.7 cm³/mol. The number of carbonyl (C=O) groups is 1. The van der Waals surface area contributed by atoms with E-state index >= 15 is 0 Å². The maximum absolute atomic E-state index is 12.5. The summed E-state index contributed by atoms with van der Waals surface area (Å²) in [6.45, 7) is 4.12. The van der Waals surface area contributed by atoms with Crippen molar-refractivity contribution in [3.8, 4) is 5.75 Å². The molecule has 1 aliphatic rings. The molecule has 1 aliphatic heterocycles. The number of nitrogens with zero attached hydrogens (tertiary/aromatic N) is 2. The summed E-state index contributed by atoms with van der Waals surface area (Å²) in [6.07, 6.45) is 0.858. The summed E-state index contributed by atoms with van der Waals surface area (Å²) >= 11 is 1.42. The van der Waals surface area contributed by atoms with Crippen LogP contribution in [0.25, 0.3) is 10.2 Å². The van der Waals surface area contributed by atoms with Gasteiger partial charge in [-0.2, -0.15) is 5.10 Å². The highest BCUT2D eigenvalue weighted by molar-refractivity contribution is 7.22. The number of ether oxygens (including phenoxy) is 1. The number of aromatic nitrogens is 3. The van der Waals surface area contributed by atoms with E-state index in [-0.39, 0.29) is 5.91 Å². The second-order valence-corrected chi connectivity index (χ2v) is 6.52. The van der Waals surface area contributed by atoms with E-state index in [9.17, 15) is 4.79 Å². The van der Waals surface area contributed by atoms with Gasteiger partial charge in [-0.25, -0.2) is 4.98 Å². The van der Waals surface area contributed by atoms with Crippen LogP contribution in [-0.2, 0) is 13.0 Å².